The SMILES string of the molecule is CC(C)(Cn1cc(CCO)nn1)C(=O)Nc1ccccc1. The molecule has 6 nitrogen and oxygen atoms in total. The summed E-state index contributed by atoms with van der Waals surface area (Å²) in [6.45, 7) is 4.18. The average Bonchev–Trinajstić information content (AvgIpc) is 2.87. The minimum Gasteiger partial charge on any atom is -0.396 e. The van der Waals surface area contributed by atoms with E-state index in [2.05, 4.69) is 15.6 Å². The molecule has 6 heteroatoms. The topological polar surface area (TPSA) is 80.0 Å². The predicted molar refractivity (Wildman–Crippen MR) is 79.7 cm³/mol. The van der Waals surface area contributed by atoms with Crippen LogP contribution in [-0.4, -0.2) is 32.6 Å². The zero-order chi connectivity index (χ0) is 15.3. The standard InChI is InChI=1S/C15H20N4O2/c1-15(2,11-19-10-13(8-9-20)17-18-19)14(21)16-12-6-4-3-5-7-12/h3-7,10,20H,8-9,11H2,1-2H3,(H,16,21). The van der Waals surface area contributed by atoms with E-state index in [9.17, 15) is 4.79 Å². The van der Waals surface area contributed by atoms with Gasteiger partial charge in [0.25, 0.3) is 0 Å². The maximum atomic E-state index is 12.4. The molecule has 1 amide bonds. The molecular weight excluding hydrogens is 268 g/mol. The fourth-order valence-electron chi connectivity index (χ4n) is 1.94. The molecule has 0 bridgehead atoms. The summed E-state index contributed by atoms with van der Waals surface area (Å²) in [6, 6.07) is 9.35. The molecular formula is C15H20N4O2. The first kappa shape index (κ1) is 15.2. The van der Waals surface area contributed by atoms with Crippen molar-refractivity contribution in [1.82, 2.24) is 15.0 Å². The van der Waals surface area contributed by atoms with Crippen LogP contribution in [0.1, 0.15) is 19.5 Å². The van der Waals surface area contributed by atoms with Crippen LogP contribution in [0.25, 0.3) is 0 Å². The quantitative estimate of drug-likeness (QED) is 0.843. The summed E-state index contributed by atoms with van der Waals surface area (Å²) < 4.78 is 1.63. The van der Waals surface area contributed by atoms with Gasteiger partial charge in [-0.2, -0.15) is 0 Å². The molecule has 0 radical (unpaired) electrons. The summed E-state index contributed by atoms with van der Waals surface area (Å²) in [5.41, 5.74) is 0.868. The monoisotopic (exact) mass is 288 g/mol. The lowest BCUT2D eigenvalue weighted by Crippen LogP contribution is -2.34. The van der Waals surface area contributed by atoms with Gasteiger partial charge in [-0.1, -0.05) is 23.4 Å². The van der Waals surface area contributed by atoms with Gasteiger partial charge < -0.3 is 10.4 Å². The van der Waals surface area contributed by atoms with E-state index in [-0.39, 0.29) is 12.5 Å². The van der Waals surface area contributed by atoms with Crippen molar-refractivity contribution in [3.05, 3.63) is 42.2 Å². The van der Waals surface area contributed by atoms with Crippen molar-refractivity contribution in [2.45, 2.75) is 26.8 Å². The van der Waals surface area contributed by atoms with Gasteiger partial charge >= 0.3 is 0 Å². The van der Waals surface area contributed by atoms with Crippen LogP contribution in [0.2, 0.25) is 0 Å². The maximum absolute atomic E-state index is 12.4. The van der Waals surface area contributed by atoms with Crippen molar-refractivity contribution in [3.63, 3.8) is 0 Å². The smallest absolute Gasteiger partial charge is 0.231 e. The number of hydrogen-bond acceptors (Lipinski definition) is 4. The zero-order valence-electron chi connectivity index (χ0n) is 12.3. The number of carbonyl (C=O) groups is 1. The number of aliphatic hydroxyl groups is 1. The Balaban J connectivity index is 2.01. The molecule has 0 saturated heterocycles. The minimum atomic E-state index is -0.625. The Labute approximate surface area is 123 Å². The number of nitrogens with zero attached hydrogens (tertiary/aromatic N) is 3. The van der Waals surface area contributed by atoms with Crippen molar-refractivity contribution in [3.8, 4) is 0 Å². The van der Waals surface area contributed by atoms with E-state index in [0.717, 1.165) is 11.4 Å². The highest BCUT2D eigenvalue weighted by atomic mass is 16.3. The van der Waals surface area contributed by atoms with Crippen LogP contribution < -0.4 is 5.32 Å². The lowest BCUT2D eigenvalue weighted by atomic mass is 9.92. The molecule has 0 spiro atoms. The van der Waals surface area contributed by atoms with Crippen molar-refractivity contribution >= 4 is 11.6 Å². The van der Waals surface area contributed by atoms with Crippen molar-refractivity contribution in [2.24, 2.45) is 5.41 Å². The number of rotatable bonds is 6. The third kappa shape index (κ3) is 4.13. The van der Waals surface area contributed by atoms with E-state index in [4.69, 9.17) is 5.11 Å². The highest BCUT2D eigenvalue weighted by Gasteiger charge is 2.28. The molecule has 2 N–H and O–H groups in total. The summed E-state index contributed by atoms with van der Waals surface area (Å²) >= 11 is 0. The van der Waals surface area contributed by atoms with Gasteiger partial charge in [-0.15, -0.1) is 5.10 Å². The summed E-state index contributed by atoms with van der Waals surface area (Å²) in [5, 5.41) is 19.7. The van der Waals surface area contributed by atoms with Crippen LogP contribution in [0.15, 0.2) is 36.5 Å². The van der Waals surface area contributed by atoms with Crippen molar-refractivity contribution in [2.75, 3.05) is 11.9 Å². The number of anilines is 1. The van der Waals surface area contributed by atoms with E-state index >= 15 is 0 Å². The molecule has 0 atom stereocenters. The Morgan fingerprint density at radius 1 is 1.33 bits per heavy atom. The van der Waals surface area contributed by atoms with Gasteiger partial charge in [0.05, 0.1) is 17.7 Å². The molecule has 1 aromatic carbocycles. The Morgan fingerprint density at radius 3 is 2.71 bits per heavy atom. The maximum Gasteiger partial charge on any atom is 0.231 e. The second kappa shape index (κ2) is 6.49. The van der Waals surface area contributed by atoms with Crippen LogP contribution in [0, 0.1) is 5.41 Å². The van der Waals surface area contributed by atoms with E-state index in [1.165, 1.54) is 0 Å². The summed E-state index contributed by atoms with van der Waals surface area (Å²) in [7, 11) is 0. The van der Waals surface area contributed by atoms with Gasteiger partial charge in [0, 0.05) is 24.9 Å². The van der Waals surface area contributed by atoms with Gasteiger partial charge in [0.2, 0.25) is 5.91 Å². The number of para-hydroxylation sites is 1. The Bertz CT molecular complexity index is 593. The molecule has 1 aromatic heterocycles. The summed E-state index contributed by atoms with van der Waals surface area (Å²) in [5.74, 6) is -0.0760. The molecule has 112 valence electrons. The largest absolute Gasteiger partial charge is 0.396 e. The predicted octanol–water partition coefficient (Wildman–Crippen LogP) is 1.48. The highest BCUT2D eigenvalue weighted by molar-refractivity contribution is 5.94. The number of hydrogen-bond donors (Lipinski definition) is 2. The molecule has 0 saturated carbocycles. The van der Waals surface area contributed by atoms with Crippen LogP contribution in [0.3, 0.4) is 0 Å². The Kier molecular flexibility index (Phi) is 4.70. The first-order valence-electron chi connectivity index (χ1n) is 6.87. The minimum absolute atomic E-state index is 0.0383. The first-order chi connectivity index (χ1) is 10.0. The molecule has 1 heterocycles. The van der Waals surface area contributed by atoms with E-state index in [1.54, 1.807) is 10.9 Å². The zero-order valence-corrected chi connectivity index (χ0v) is 12.3. The van der Waals surface area contributed by atoms with Gasteiger partial charge in [0.15, 0.2) is 0 Å². The van der Waals surface area contributed by atoms with Gasteiger partial charge in [-0.05, 0) is 26.0 Å². The number of nitrogens with one attached hydrogen (secondary N) is 1. The molecule has 2 aromatic rings. The highest BCUT2D eigenvalue weighted by Crippen LogP contribution is 2.21. The molecule has 0 unspecified atom stereocenters. The molecule has 0 aliphatic heterocycles. The molecule has 0 fully saturated rings. The average molecular weight is 288 g/mol. The summed E-state index contributed by atoms with van der Waals surface area (Å²) in [6.07, 6.45) is 2.23. The van der Waals surface area contributed by atoms with Crippen LogP contribution in [-0.2, 0) is 17.8 Å². The molecule has 0 aliphatic rings. The van der Waals surface area contributed by atoms with Gasteiger partial charge in [-0.25, -0.2) is 0 Å². The number of aliphatic hydroxyl groups excluding tert-OH is 1. The van der Waals surface area contributed by atoms with E-state index in [0.29, 0.717) is 13.0 Å². The van der Waals surface area contributed by atoms with E-state index < -0.39 is 5.41 Å². The lowest BCUT2D eigenvalue weighted by molar-refractivity contribution is -0.124. The third-order valence-electron chi connectivity index (χ3n) is 3.16. The lowest BCUT2D eigenvalue weighted by Gasteiger charge is -2.23. The Hall–Kier alpha value is -2.21. The van der Waals surface area contributed by atoms with Crippen LogP contribution >= 0.6 is 0 Å². The van der Waals surface area contributed by atoms with Crippen molar-refractivity contribution < 1.29 is 9.90 Å². The van der Waals surface area contributed by atoms with Crippen molar-refractivity contribution in [1.29, 1.82) is 0 Å². The normalized spacial score (nSPS) is 11.4. The Morgan fingerprint density at radius 2 is 2.05 bits per heavy atom. The second-order valence-corrected chi connectivity index (χ2v) is 5.59. The fraction of sp³-hybridized carbons (Fsp3) is 0.400. The first-order valence-corrected chi connectivity index (χ1v) is 6.87. The van der Waals surface area contributed by atoms with Crippen LogP contribution in [0.4, 0.5) is 5.69 Å². The molecule has 2 rings (SSSR count). The number of carbonyl (C=O) groups excluding carboxylic acids is 1. The second-order valence-electron chi connectivity index (χ2n) is 5.59. The number of amides is 1. The summed E-state index contributed by atoms with van der Waals surface area (Å²) in [4.78, 5) is 12.4. The molecule has 21 heavy (non-hydrogen) atoms. The van der Waals surface area contributed by atoms with Gasteiger partial charge in [-0.3, -0.25) is 9.48 Å². The fourth-order valence-corrected chi connectivity index (χ4v) is 1.94. The third-order valence-corrected chi connectivity index (χ3v) is 3.16. The van der Waals surface area contributed by atoms with Crippen LogP contribution in [0.5, 0.6) is 0 Å². The number of benzene rings is 1. The van der Waals surface area contributed by atoms with E-state index in [1.807, 2.05) is 44.2 Å². The molecule has 0 aliphatic carbocycles. The van der Waals surface area contributed by atoms with Gasteiger partial charge in [0.1, 0.15) is 0 Å². The number of aromatic nitrogens is 3.